The highest BCUT2D eigenvalue weighted by Gasteiger charge is 2.41. The summed E-state index contributed by atoms with van der Waals surface area (Å²) in [6.07, 6.45) is 8.25. The van der Waals surface area contributed by atoms with Crippen molar-refractivity contribution < 1.29 is 9.53 Å². The molecule has 6 nitrogen and oxygen atoms in total. The first kappa shape index (κ1) is 20.2. The van der Waals surface area contributed by atoms with E-state index in [-0.39, 0.29) is 12.0 Å². The van der Waals surface area contributed by atoms with Gasteiger partial charge in [0.1, 0.15) is 6.10 Å². The smallest absolute Gasteiger partial charge is 0.253 e. The van der Waals surface area contributed by atoms with Crippen LogP contribution < -0.4 is 10.6 Å². The Morgan fingerprint density at radius 1 is 1.28 bits per heavy atom. The first-order chi connectivity index (χ1) is 14.2. The van der Waals surface area contributed by atoms with Gasteiger partial charge in [-0.25, -0.2) is 4.99 Å². The minimum absolute atomic E-state index is 0.0459. The first-order valence-corrected chi connectivity index (χ1v) is 11.2. The fraction of sp³-hybridized carbons (Fsp3) is 0.652. The lowest BCUT2D eigenvalue weighted by molar-refractivity contribution is -0.124. The van der Waals surface area contributed by atoms with E-state index >= 15 is 0 Å². The van der Waals surface area contributed by atoms with Gasteiger partial charge in [0.15, 0.2) is 5.96 Å². The number of aliphatic imine (C=N–C) groups is 1. The monoisotopic (exact) mass is 398 g/mol. The van der Waals surface area contributed by atoms with Crippen molar-refractivity contribution in [1.29, 1.82) is 0 Å². The Morgan fingerprint density at radius 2 is 2.14 bits per heavy atom. The zero-order valence-electron chi connectivity index (χ0n) is 17.6. The average molecular weight is 399 g/mol. The summed E-state index contributed by atoms with van der Waals surface area (Å²) in [7, 11) is 0. The Morgan fingerprint density at radius 3 is 2.90 bits per heavy atom. The molecule has 3 fully saturated rings. The van der Waals surface area contributed by atoms with Gasteiger partial charge in [0, 0.05) is 31.9 Å². The van der Waals surface area contributed by atoms with Crippen molar-refractivity contribution in [3.8, 4) is 0 Å². The molecular weight excluding hydrogens is 364 g/mol. The van der Waals surface area contributed by atoms with Gasteiger partial charge in [0.25, 0.3) is 5.91 Å². The van der Waals surface area contributed by atoms with E-state index < -0.39 is 0 Å². The molecule has 0 aromatic heterocycles. The highest BCUT2D eigenvalue weighted by Crippen LogP contribution is 2.45. The summed E-state index contributed by atoms with van der Waals surface area (Å²) < 4.78 is 5.47. The number of guanidine groups is 1. The minimum atomic E-state index is -0.310. The van der Waals surface area contributed by atoms with Crippen LogP contribution in [0.15, 0.2) is 29.3 Å². The van der Waals surface area contributed by atoms with Crippen LogP contribution in [-0.4, -0.2) is 49.1 Å². The van der Waals surface area contributed by atoms with Crippen molar-refractivity contribution in [1.82, 2.24) is 10.2 Å². The van der Waals surface area contributed by atoms with Gasteiger partial charge in [0.05, 0.1) is 6.54 Å². The predicted octanol–water partition coefficient (Wildman–Crippen LogP) is 3.54. The van der Waals surface area contributed by atoms with Gasteiger partial charge < -0.3 is 20.3 Å². The van der Waals surface area contributed by atoms with Crippen molar-refractivity contribution in [2.75, 3.05) is 31.6 Å². The molecule has 6 heteroatoms. The molecule has 158 valence electrons. The number of anilines is 1. The molecule has 3 aliphatic rings. The molecule has 2 N–H and O–H groups in total. The molecule has 1 atom stereocenters. The lowest BCUT2D eigenvalue weighted by Gasteiger charge is -2.26. The molecule has 1 spiro atoms. The second-order valence-electron chi connectivity index (χ2n) is 8.74. The van der Waals surface area contributed by atoms with Crippen LogP contribution in [0.4, 0.5) is 5.69 Å². The van der Waals surface area contributed by atoms with Gasteiger partial charge in [-0.2, -0.15) is 0 Å². The fourth-order valence-corrected chi connectivity index (χ4v) is 5.00. The molecule has 1 unspecified atom stereocenters. The number of hydrogen-bond acceptors (Lipinski definition) is 3. The number of hydrogen-bond donors (Lipinski definition) is 2. The summed E-state index contributed by atoms with van der Waals surface area (Å²) in [5.74, 6) is 0.973. The van der Waals surface area contributed by atoms with Crippen LogP contribution in [0.2, 0.25) is 0 Å². The second kappa shape index (κ2) is 9.16. The molecule has 0 radical (unpaired) electrons. The number of likely N-dealkylation sites (tertiary alicyclic amines) is 1. The highest BCUT2D eigenvalue weighted by atomic mass is 16.5. The molecule has 1 aromatic carbocycles. The summed E-state index contributed by atoms with van der Waals surface area (Å²) in [4.78, 5) is 19.6. The van der Waals surface area contributed by atoms with Gasteiger partial charge in [-0.15, -0.1) is 0 Å². The number of amides is 1. The molecule has 0 bridgehead atoms. The molecule has 1 aliphatic carbocycles. The van der Waals surface area contributed by atoms with E-state index in [1.807, 2.05) is 18.2 Å². The third kappa shape index (κ3) is 4.92. The molecule has 2 heterocycles. The zero-order valence-corrected chi connectivity index (χ0v) is 17.6. The molecule has 29 heavy (non-hydrogen) atoms. The van der Waals surface area contributed by atoms with Crippen LogP contribution >= 0.6 is 0 Å². The Labute approximate surface area is 174 Å². The van der Waals surface area contributed by atoms with Gasteiger partial charge in [-0.3, -0.25) is 4.79 Å². The number of carbonyl (C=O) groups is 1. The Bertz CT molecular complexity index is 736. The molecular formula is C23H34N4O2. The second-order valence-corrected chi connectivity index (χ2v) is 8.74. The predicted molar refractivity (Wildman–Crippen MR) is 116 cm³/mol. The molecule has 1 aromatic rings. The van der Waals surface area contributed by atoms with Crippen molar-refractivity contribution in [3.05, 3.63) is 29.8 Å². The summed E-state index contributed by atoms with van der Waals surface area (Å²) in [6.45, 7) is 6.52. The van der Waals surface area contributed by atoms with Crippen LogP contribution in [0, 0.1) is 5.41 Å². The van der Waals surface area contributed by atoms with Crippen LogP contribution in [0.5, 0.6) is 0 Å². The number of nitrogens with zero attached hydrogens (tertiary/aromatic N) is 2. The largest absolute Gasteiger partial charge is 0.368 e. The SMILES string of the molecule is CCNC(=NCc1cccc(NC(=O)C2CCCO2)c1)N1CCC2(CCCC2)C1. The molecule has 2 aliphatic heterocycles. The maximum atomic E-state index is 12.3. The molecule has 4 rings (SSSR count). The molecule has 2 saturated heterocycles. The summed E-state index contributed by atoms with van der Waals surface area (Å²) in [5, 5.41) is 6.46. The van der Waals surface area contributed by atoms with Gasteiger partial charge >= 0.3 is 0 Å². The van der Waals surface area contributed by atoms with Gasteiger partial charge in [-0.1, -0.05) is 25.0 Å². The van der Waals surface area contributed by atoms with E-state index in [4.69, 9.17) is 9.73 Å². The van der Waals surface area contributed by atoms with Crippen LogP contribution in [-0.2, 0) is 16.1 Å². The first-order valence-electron chi connectivity index (χ1n) is 11.2. The van der Waals surface area contributed by atoms with Crippen molar-refractivity contribution >= 4 is 17.6 Å². The summed E-state index contributed by atoms with van der Waals surface area (Å²) >= 11 is 0. The fourth-order valence-electron chi connectivity index (χ4n) is 5.00. The Balaban J connectivity index is 1.39. The third-order valence-electron chi connectivity index (χ3n) is 6.56. The number of ether oxygens (including phenoxy) is 1. The van der Waals surface area contributed by atoms with E-state index in [1.165, 1.54) is 32.1 Å². The van der Waals surface area contributed by atoms with Crippen LogP contribution in [0.25, 0.3) is 0 Å². The van der Waals surface area contributed by atoms with E-state index in [0.29, 0.717) is 18.6 Å². The number of carbonyl (C=O) groups excluding carboxylic acids is 1. The standard InChI is InChI=1S/C23H34N4O2/c1-2-24-22(27-13-12-23(17-27)10-3-4-11-23)25-16-18-7-5-8-19(15-18)26-21(28)20-9-6-14-29-20/h5,7-8,15,20H,2-4,6,9-14,16-17H2,1H3,(H,24,25)(H,26,28). The third-order valence-corrected chi connectivity index (χ3v) is 6.56. The number of nitrogens with one attached hydrogen (secondary N) is 2. The zero-order chi connectivity index (χ0) is 20.1. The van der Waals surface area contributed by atoms with Crippen molar-refractivity contribution in [2.24, 2.45) is 10.4 Å². The van der Waals surface area contributed by atoms with Crippen LogP contribution in [0.3, 0.4) is 0 Å². The normalized spacial score (nSPS) is 23.7. The van der Waals surface area contributed by atoms with E-state index in [2.05, 4.69) is 28.5 Å². The average Bonchev–Trinajstić information content (AvgIpc) is 3.49. The van der Waals surface area contributed by atoms with Crippen molar-refractivity contribution in [3.63, 3.8) is 0 Å². The quantitative estimate of drug-likeness (QED) is 0.588. The number of benzene rings is 1. The van der Waals surface area contributed by atoms with Gasteiger partial charge in [-0.05, 0) is 62.1 Å². The minimum Gasteiger partial charge on any atom is -0.368 e. The van der Waals surface area contributed by atoms with E-state index in [1.54, 1.807) is 0 Å². The summed E-state index contributed by atoms with van der Waals surface area (Å²) in [6, 6.07) is 7.99. The van der Waals surface area contributed by atoms with E-state index in [9.17, 15) is 4.79 Å². The Kier molecular flexibility index (Phi) is 6.38. The lowest BCUT2D eigenvalue weighted by Crippen LogP contribution is -2.41. The van der Waals surface area contributed by atoms with Gasteiger partial charge in [0.2, 0.25) is 0 Å². The maximum absolute atomic E-state index is 12.3. The highest BCUT2D eigenvalue weighted by molar-refractivity contribution is 5.94. The number of rotatable bonds is 5. The molecule has 1 saturated carbocycles. The molecule has 1 amide bonds. The summed E-state index contributed by atoms with van der Waals surface area (Å²) in [5.41, 5.74) is 2.44. The maximum Gasteiger partial charge on any atom is 0.253 e. The lowest BCUT2D eigenvalue weighted by atomic mass is 9.86. The van der Waals surface area contributed by atoms with Crippen LogP contribution in [0.1, 0.15) is 57.4 Å². The van der Waals surface area contributed by atoms with E-state index in [0.717, 1.165) is 49.7 Å². The topological polar surface area (TPSA) is 66.0 Å². The Hall–Kier alpha value is -2.08. The van der Waals surface area contributed by atoms with Crippen molar-refractivity contribution in [2.45, 2.75) is 64.5 Å².